The lowest BCUT2D eigenvalue weighted by Gasteiger charge is -2.20. The third-order valence-electron chi connectivity index (χ3n) is 6.15. The highest BCUT2D eigenvalue weighted by Gasteiger charge is 2.35. The number of amides is 2. The van der Waals surface area contributed by atoms with Gasteiger partial charge in [0.1, 0.15) is 0 Å². The minimum atomic E-state index is -0.345. The number of benzene rings is 3. The summed E-state index contributed by atoms with van der Waals surface area (Å²) in [5.74, 6) is -0.445. The van der Waals surface area contributed by atoms with Crippen LogP contribution in [0.4, 0.5) is 17.1 Å². The van der Waals surface area contributed by atoms with Gasteiger partial charge in [0.15, 0.2) is 0 Å². The third-order valence-corrected chi connectivity index (χ3v) is 6.15. The Balaban J connectivity index is 1.26. The normalized spacial score (nSPS) is 18.9. The van der Waals surface area contributed by atoms with Crippen LogP contribution in [-0.4, -0.2) is 31.4 Å². The van der Waals surface area contributed by atoms with Crippen molar-refractivity contribution in [2.24, 2.45) is 5.92 Å². The number of rotatable bonds is 4. The first kappa shape index (κ1) is 18.7. The summed E-state index contributed by atoms with van der Waals surface area (Å²) in [6.07, 6.45) is 2.72. The largest absolute Gasteiger partial charge is 0.372 e. The quantitative estimate of drug-likeness (QED) is 0.706. The molecule has 0 bridgehead atoms. The van der Waals surface area contributed by atoms with E-state index in [1.54, 1.807) is 4.90 Å². The van der Waals surface area contributed by atoms with Crippen LogP contribution >= 0.6 is 0 Å². The van der Waals surface area contributed by atoms with Crippen LogP contribution in [0.5, 0.6) is 0 Å². The molecule has 152 valence electrons. The molecule has 5 nitrogen and oxygen atoms in total. The van der Waals surface area contributed by atoms with Crippen molar-refractivity contribution in [2.75, 3.05) is 34.8 Å². The van der Waals surface area contributed by atoms with Gasteiger partial charge in [-0.05, 0) is 60.0 Å². The van der Waals surface area contributed by atoms with E-state index < -0.39 is 0 Å². The van der Waals surface area contributed by atoms with Crippen LogP contribution in [0.3, 0.4) is 0 Å². The van der Waals surface area contributed by atoms with E-state index in [0.29, 0.717) is 6.54 Å². The summed E-state index contributed by atoms with van der Waals surface area (Å²) in [5.41, 5.74) is 2.83. The number of nitrogens with zero attached hydrogens (tertiary/aromatic N) is 2. The van der Waals surface area contributed by atoms with Gasteiger partial charge in [-0.2, -0.15) is 0 Å². The van der Waals surface area contributed by atoms with Gasteiger partial charge in [0.2, 0.25) is 11.8 Å². The van der Waals surface area contributed by atoms with Crippen LogP contribution in [0.15, 0.2) is 66.7 Å². The van der Waals surface area contributed by atoms with E-state index in [1.165, 1.54) is 18.5 Å². The Morgan fingerprint density at radius 2 is 1.57 bits per heavy atom. The molecule has 30 heavy (non-hydrogen) atoms. The van der Waals surface area contributed by atoms with Gasteiger partial charge in [-0.15, -0.1) is 0 Å². The Bertz CT molecular complexity index is 1090. The van der Waals surface area contributed by atoms with Crippen molar-refractivity contribution in [1.29, 1.82) is 0 Å². The number of hydrogen-bond donors (Lipinski definition) is 1. The number of carbonyl (C=O) groups is 2. The van der Waals surface area contributed by atoms with Crippen molar-refractivity contribution in [2.45, 2.75) is 19.3 Å². The molecule has 2 amide bonds. The monoisotopic (exact) mass is 399 g/mol. The molecule has 2 heterocycles. The molecule has 1 N–H and O–H groups in total. The fourth-order valence-electron chi connectivity index (χ4n) is 4.46. The molecule has 0 spiro atoms. The highest BCUT2D eigenvalue weighted by molar-refractivity contribution is 6.04. The molecule has 2 fully saturated rings. The van der Waals surface area contributed by atoms with Gasteiger partial charge in [-0.3, -0.25) is 9.59 Å². The van der Waals surface area contributed by atoms with Crippen molar-refractivity contribution >= 4 is 39.6 Å². The van der Waals surface area contributed by atoms with E-state index in [1.807, 2.05) is 54.6 Å². The lowest BCUT2D eigenvalue weighted by Crippen LogP contribution is -2.28. The Labute approximate surface area is 176 Å². The average Bonchev–Trinajstić information content (AvgIpc) is 3.44. The average molecular weight is 399 g/mol. The third kappa shape index (κ3) is 3.63. The molecule has 3 aromatic rings. The molecule has 1 unspecified atom stereocenters. The summed E-state index contributed by atoms with van der Waals surface area (Å²) >= 11 is 0. The van der Waals surface area contributed by atoms with E-state index in [-0.39, 0.29) is 24.2 Å². The zero-order chi connectivity index (χ0) is 20.5. The summed E-state index contributed by atoms with van der Waals surface area (Å²) in [7, 11) is 0. The van der Waals surface area contributed by atoms with Crippen molar-refractivity contribution < 1.29 is 9.59 Å². The van der Waals surface area contributed by atoms with E-state index in [0.717, 1.165) is 35.2 Å². The predicted molar refractivity (Wildman–Crippen MR) is 121 cm³/mol. The maximum absolute atomic E-state index is 12.8. The molecular weight excluding hydrogens is 374 g/mol. The molecule has 2 aliphatic heterocycles. The highest BCUT2D eigenvalue weighted by Crippen LogP contribution is 2.29. The maximum atomic E-state index is 12.8. The van der Waals surface area contributed by atoms with E-state index in [4.69, 9.17) is 0 Å². The van der Waals surface area contributed by atoms with Crippen LogP contribution in [0.1, 0.15) is 19.3 Å². The number of hydrogen-bond acceptors (Lipinski definition) is 3. The standard InChI is InChI=1S/C25H25N3O2/c29-24-16-20(25(30)26-21-8-7-18-5-1-2-6-19(18)15-21)17-28(24)23-11-9-22(10-12-23)27-13-3-4-14-27/h1-2,5-12,15,20H,3-4,13-14,16-17H2,(H,26,30). The van der Waals surface area contributed by atoms with Crippen molar-refractivity contribution in [3.8, 4) is 0 Å². The molecule has 0 aromatic heterocycles. The number of anilines is 3. The number of carbonyl (C=O) groups excluding carboxylic acids is 2. The van der Waals surface area contributed by atoms with Gasteiger partial charge >= 0.3 is 0 Å². The van der Waals surface area contributed by atoms with Crippen molar-refractivity contribution in [3.63, 3.8) is 0 Å². The van der Waals surface area contributed by atoms with Gasteiger partial charge in [-0.1, -0.05) is 30.3 Å². The molecular formula is C25H25N3O2. The molecule has 1 atom stereocenters. The zero-order valence-corrected chi connectivity index (χ0v) is 16.9. The summed E-state index contributed by atoms with van der Waals surface area (Å²) in [6.45, 7) is 2.61. The van der Waals surface area contributed by atoms with Crippen LogP contribution in [-0.2, 0) is 9.59 Å². The van der Waals surface area contributed by atoms with E-state index in [9.17, 15) is 9.59 Å². The Morgan fingerprint density at radius 1 is 0.867 bits per heavy atom. The molecule has 0 aliphatic carbocycles. The number of nitrogens with one attached hydrogen (secondary N) is 1. The molecule has 5 rings (SSSR count). The molecule has 5 heteroatoms. The summed E-state index contributed by atoms with van der Waals surface area (Å²) in [5, 5.41) is 5.21. The lowest BCUT2D eigenvalue weighted by atomic mass is 10.1. The van der Waals surface area contributed by atoms with Crippen molar-refractivity contribution in [1.82, 2.24) is 0 Å². The summed E-state index contributed by atoms with van der Waals surface area (Å²) in [4.78, 5) is 29.5. The first-order valence-electron chi connectivity index (χ1n) is 10.6. The molecule has 2 aliphatic rings. The van der Waals surface area contributed by atoms with Crippen LogP contribution in [0, 0.1) is 5.92 Å². The smallest absolute Gasteiger partial charge is 0.229 e. The summed E-state index contributed by atoms with van der Waals surface area (Å²) < 4.78 is 0. The Kier molecular flexibility index (Phi) is 4.87. The van der Waals surface area contributed by atoms with Crippen molar-refractivity contribution in [3.05, 3.63) is 66.7 Å². The summed E-state index contributed by atoms with van der Waals surface area (Å²) in [6, 6.07) is 22.1. The second-order valence-electron chi connectivity index (χ2n) is 8.17. The predicted octanol–water partition coefficient (Wildman–Crippen LogP) is 4.43. The van der Waals surface area contributed by atoms with Gasteiger partial charge in [0.25, 0.3) is 0 Å². The minimum absolute atomic E-state index is 0.00239. The second kappa shape index (κ2) is 7.82. The lowest BCUT2D eigenvalue weighted by molar-refractivity contribution is -0.122. The SMILES string of the molecule is O=C(Nc1ccc2ccccc2c1)C1CC(=O)N(c2ccc(N3CCCC3)cc2)C1. The molecule has 2 saturated heterocycles. The first-order valence-corrected chi connectivity index (χ1v) is 10.6. The van der Waals surface area contributed by atoms with Crippen LogP contribution in [0.2, 0.25) is 0 Å². The molecule has 0 saturated carbocycles. The highest BCUT2D eigenvalue weighted by atomic mass is 16.2. The van der Waals surface area contributed by atoms with Gasteiger partial charge in [-0.25, -0.2) is 0 Å². The van der Waals surface area contributed by atoms with E-state index >= 15 is 0 Å². The van der Waals surface area contributed by atoms with Gasteiger partial charge in [0.05, 0.1) is 5.92 Å². The Hall–Kier alpha value is -3.34. The number of fused-ring (bicyclic) bond motifs is 1. The van der Waals surface area contributed by atoms with Crippen LogP contribution < -0.4 is 15.1 Å². The molecule has 0 radical (unpaired) electrons. The fraction of sp³-hybridized carbons (Fsp3) is 0.280. The second-order valence-corrected chi connectivity index (χ2v) is 8.17. The minimum Gasteiger partial charge on any atom is -0.372 e. The van der Waals surface area contributed by atoms with Crippen LogP contribution in [0.25, 0.3) is 10.8 Å². The molecule has 3 aromatic carbocycles. The van der Waals surface area contributed by atoms with Gasteiger partial charge in [0, 0.05) is 43.1 Å². The zero-order valence-electron chi connectivity index (χ0n) is 16.9. The Morgan fingerprint density at radius 3 is 2.33 bits per heavy atom. The fourth-order valence-corrected chi connectivity index (χ4v) is 4.46. The first-order chi connectivity index (χ1) is 14.7. The maximum Gasteiger partial charge on any atom is 0.229 e. The van der Waals surface area contributed by atoms with Gasteiger partial charge < -0.3 is 15.1 Å². The van der Waals surface area contributed by atoms with E-state index in [2.05, 4.69) is 22.3 Å². The topological polar surface area (TPSA) is 52.7 Å².